The average Bonchev–Trinajstić information content (AvgIpc) is 2.56. The number of anilines is 1. The Kier molecular flexibility index (Phi) is 3.96. The third-order valence-corrected chi connectivity index (χ3v) is 3.25. The first-order chi connectivity index (χ1) is 10.8. The fourth-order valence-corrected chi connectivity index (χ4v) is 2.16. The topological polar surface area (TPSA) is 46.5 Å². The van der Waals surface area contributed by atoms with Gasteiger partial charge in [-0.1, -0.05) is 30.3 Å². The van der Waals surface area contributed by atoms with Crippen LogP contribution in [0.15, 0.2) is 59.8 Å². The van der Waals surface area contributed by atoms with Crippen molar-refractivity contribution in [1.82, 2.24) is 4.98 Å². The smallest absolute Gasteiger partial charge is 0.145 e. The summed E-state index contributed by atoms with van der Waals surface area (Å²) >= 11 is 0. The van der Waals surface area contributed by atoms with Crippen molar-refractivity contribution in [3.05, 3.63) is 66.1 Å². The second kappa shape index (κ2) is 6.22. The molecule has 0 saturated carbocycles. The molecule has 1 aromatic heterocycles. The van der Waals surface area contributed by atoms with Gasteiger partial charge in [0.15, 0.2) is 0 Å². The van der Waals surface area contributed by atoms with Gasteiger partial charge >= 0.3 is 0 Å². The lowest BCUT2D eigenvalue weighted by atomic mass is 10.2. The summed E-state index contributed by atoms with van der Waals surface area (Å²) in [5, 5.41) is 4.98. The summed E-state index contributed by atoms with van der Waals surface area (Å²) in [7, 11) is 1.60. The van der Waals surface area contributed by atoms with Gasteiger partial charge in [0.1, 0.15) is 17.1 Å². The quantitative estimate of drug-likeness (QED) is 0.588. The van der Waals surface area contributed by atoms with Gasteiger partial charge < -0.3 is 4.74 Å². The normalized spacial score (nSPS) is 11.0. The number of para-hydroxylation sites is 1. The van der Waals surface area contributed by atoms with E-state index in [4.69, 9.17) is 4.74 Å². The number of nitrogens with one attached hydrogen (secondary N) is 1. The molecule has 110 valence electrons. The molecule has 0 fully saturated rings. The zero-order valence-electron chi connectivity index (χ0n) is 12.0. The Morgan fingerprint density at radius 2 is 2.00 bits per heavy atom. The third-order valence-electron chi connectivity index (χ3n) is 3.25. The summed E-state index contributed by atoms with van der Waals surface area (Å²) in [6.07, 6.45) is 3.12. The molecule has 0 bridgehead atoms. The summed E-state index contributed by atoms with van der Waals surface area (Å²) in [6.45, 7) is 0. The number of halogens is 1. The van der Waals surface area contributed by atoms with Gasteiger partial charge in [0.2, 0.25) is 0 Å². The van der Waals surface area contributed by atoms with Gasteiger partial charge in [0.05, 0.1) is 19.0 Å². The molecule has 0 radical (unpaired) electrons. The number of hydrazone groups is 1. The molecule has 0 spiro atoms. The molecule has 0 atom stereocenters. The highest BCUT2D eigenvalue weighted by Gasteiger charge is 2.05. The van der Waals surface area contributed by atoms with Gasteiger partial charge in [-0.2, -0.15) is 5.10 Å². The zero-order chi connectivity index (χ0) is 15.4. The van der Waals surface area contributed by atoms with Crippen LogP contribution < -0.4 is 10.2 Å². The highest BCUT2D eigenvalue weighted by Crippen LogP contribution is 2.28. The van der Waals surface area contributed by atoms with E-state index in [1.807, 2.05) is 18.2 Å². The van der Waals surface area contributed by atoms with Gasteiger partial charge in [-0.15, -0.1) is 0 Å². The summed E-state index contributed by atoms with van der Waals surface area (Å²) in [5.41, 5.74) is 4.86. The second-order valence-electron chi connectivity index (χ2n) is 4.61. The molecular formula is C17H14FN3O. The summed E-state index contributed by atoms with van der Waals surface area (Å²) in [5.74, 6) is 0.383. The van der Waals surface area contributed by atoms with Gasteiger partial charge in [-0.3, -0.25) is 10.4 Å². The van der Waals surface area contributed by atoms with Crippen LogP contribution in [0, 0.1) is 5.82 Å². The van der Waals surface area contributed by atoms with Crippen LogP contribution in [0.5, 0.6) is 5.75 Å². The van der Waals surface area contributed by atoms with Crippen molar-refractivity contribution in [1.29, 1.82) is 0 Å². The van der Waals surface area contributed by atoms with E-state index >= 15 is 0 Å². The molecule has 0 aliphatic carbocycles. The number of hydrogen-bond acceptors (Lipinski definition) is 4. The third kappa shape index (κ3) is 2.74. The molecule has 4 nitrogen and oxygen atoms in total. The fraction of sp³-hybridized carbons (Fsp3) is 0.0588. The van der Waals surface area contributed by atoms with Crippen molar-refractivity contribution in [2.24, 2.45) is 5.10 Å². The Morgan fingerprint density at radius 3 is 2.82 bits per heavy atom. The number of rotatable bonds is 4. The Bertz CT molecular complexity index is 833. The van der Waals surface area contributed by atoms with Gasteiger partial charge in [-0.25, -0.2) is 4.39 Å². The number of aromatic nitrogens is 1. The largest absolute Gasteiger partial charge is 0.494 e. The molecule has 0 amide bonds. The predicted octanol–water partition coefficient (Wildman–Crippen LogP) is 3.83. The van der Waals surface area contributed by atoms with E-state index < -0.39 is 0 Å². The van der Waals surface area contributed by atoms with Crippen LogP contribution in [-0.4, -0.2) is 18.3 Å². The van der Waals surface area contributed by atoms with Crippen molar-refractivity contribution in [3.63, 3.8) is 0 Å². The van der Waals surface area contributed by atoms with Crippen LogP contribution in [0.25, 0.3) is 10.9 Å². The first-order valence-corrected chi connectivity index (χ1v) is 6.75. The summed E-state index contributed by atoms with van der Waals surface area (Å²) in [6, 6.07) is 13.9. The number of benzene rings is 2. The van der Waals surface area contributed by atoms with Crippen LogP contribution in [0.4, 0.5) is 10.1 Å². The lowest BCUT2D eigenvalue weighted by Gasteiger charge is -2.08. The number of pyridine rings is 1. The summed E-state index contributed by atoms with van der Waals surface area (Å²) in [4.78, 5) is 4.32. The van der Waals surface area contributed by atoms with Crippen LogP contribution in [-0.2, 0) is 0 Å². The Labute approximate surface area is 127 Å². The number of fused-ring (bicyclic) bond motifs is 1. The van der Waals surface area contributed by atoms with E-state index in [0.717, 1.165) is 16.6 Å². The number of nitrogens with zero attached hydrogens (tertiary/aromatic N) is 2. The van der Waals surface area contributed by atoms with E-state index in [1.165, 1.54) is 12.3 Å². The Balaban J connectivity index is 1.90. The van der Waals surface area contributed by atoms with Crippen molar-refractivity contribution in [2.75, 3.05) is 12.5 Å². The zero-order valence-corrected chi connectivity index (χ0v) is 12.0. The van der Waals surface area contributed by atoms with Crippen molar-refractivity contribution < 1.29 is 9.13 Å². The first-order valence-electron chi connectivity index (χ1n) is 6.75. The lowest BCUT2D eigenvalue weighted by molar-refractivity contribution is 0.419. The van der Waals surface area contributed by atoms with Crippen molar-refractivity contribution >= 4 is 22.8 Å². The van der Waals surface area contributed by atoms with E-state index in [0.29, 0.717) is 11.3 Å². The predicted molar refractivity (Wildman–Crippen MR) is 85.9 cm³/mol. The van der Waals surface area contributed by atoms with Crippen molar-refractivity contribution in [3.8, 4) is 5.75 Å². The first kappa shape index (κ1) is 14.0. The molecule has 5 heteroatoms. The maximum atomic E-state index is 13.5. The number of methoxy groups -OCH3 is 1. The van der Waals surface area contributed by atoms with Gasteiger partial charge in [0.25, 0.3) is 0 Å². The SMILES string of the molecule is COc1cccc2c(N/N=C/c3ccccc3F)ccnc12. The molecule has 3 rings (SSSR count). The molecule has 3 aromatic rings. The molecule has 0 unspecified atom stereocenters. The molecule has 0 aliphatic rings. The van der Waals surface area contributed by atoms with Gasteiger partial charge in [-0.05, 0) is 18.2 Å². The Morgan fingerprint density at radius 1 is 1.14 bits per heavy atom. The molecule has 0 saturated heterocycles. The van der Waals surface area contributed by atoms with Crippen molar-refractivity contribution in [2.45, 2.75) is 0 Å². The van der Waals surface area contributed by atoms with E-state index in [9.17, 15) is 4.39 Å². The molecule has 1 N–H and O–H groups in total. The van der Waals surface area contributed by atoms with E-state index in [-0.39, 0.29) is 5.82 Å². The number of hydrogen-bond donors (Lipinski definition) is 1. The summed E-state index contributed by atoms with van der Waals surface area (Å²) < 4.78 is 18.8. The maximum absolute atomic E-state index is 13.5. The second-order valence-corrected chi connectivity index (χ2v) is 4.61. The number of ether oxygens (including phenoxy) is 1. The van der Waals surface area contributed by atoms with Crippen LogP contribution in [0.1, 0.15) is 5.56 Å². The van der Waals surface area contributed by atoms with Crippen LogP contribution in [0.3, 0.4) is 0 Å². The van der Waals surface area contributed by atoms with Gasteiger partial charge in [0, 0.05) is 17.1 Å². The molecule has 0 aliphatic heterocycles. The van der Waals surface area contributed by atoms with E-state index in [2.05, 4.69) is 15.5 Å². The minimum atomic E-state index is -0.311. The highest BCUT2D eigenvalue weighted by molar-refractivity contribution is 5.95. The van der Waals surface area contributed by atoms with E-state index in [1.54, 1.807) is 37.6 Å². The maximum Gasteiger partial charge on any atom is 0.145 e. The molecular weight excluding hydrogens is 281 g/mol. The molecule has 22 heavy (non-hydrogen) atoms. The van der Waals surface area contributed by atoms with Crippen LogP contribution in [0.2, 0.25) is 0 Å². The lowest BCUT2D eigenvalue weighted by Crippen LogP contribution is -1.95. The molecule has 2 aromatic carbocycles. The standard InChI is InChI=1S/C17H14FN3O/c1-22-16-8-4-6-13-15(9-10-19-17(13)16)21-20-11-12-5-2-3-7-14(12)18/h2-11H,1H3,(H,19,21)/b20-11+. The minimum Gasteiger partial charge on any atom is -0.494 e. The minimum absolute atomic E-state index is 0.311. The molecule has 1 heterocycles. The Hall–Kier alpha value is -2.95. The average molecular weight is 295 g/mol. The van der Waals surface area contributed by atoms with Crippen LogP contribution >= 0.6 is 0 Å². The highest BCUT2D eigenvalue weighted by atomic mass is 19.1. The fourth-order valence-electron chi connectivity index (χ4n) is 2.16. The monoisotopic (exact) mass is 295 g/mol.